The number of carbonyl (C=O) groups excluding carboxylic acids is 1. The van der Waals surface area contributed by atoms with E-state index in [-0.39, 0.29) is 12.5 Å². The monoisotopic (exact) mass is 361 g/mol. The highest BCUT2D eigenvalue weighted by Crippen LogP contribution is 2.23. The molecule has 2 aromatic carbocycles. The Balaban J connectivity index is 2.03. The number of amides is 1. The molecule has 0 spiro atoms. The Bertz CT molecular complexity index is 633. The molecule has 1 N–H and O–H groups in total. The zero-order valence-corrected chi connectivity index (χ0v) is 14.4. The van der Waals surface area contributed by atoms with Crippen LogP contribution >= 0.6 is 15.9 Å². The lowest BCUT2D eigenvalue weighted by atomic mass is 10.0. The van der Waals surface area contributed by atoms with Crippen molar-refractivity contribution >= 4 is 27.5 Å². The van der Waals surface area contributed by atoms with E-state index in [2.05, 4.69) is 35.1 Å². The topological polar surface area (TPSA) is 38.3 Å². The summed E-state index contributed by atoms with van der Waals surface area (Å²) in [5.74, 6) is 0.527. The fourth-order valence-electron chi connectivity index (χ4n) is 2.28. The lowest BCUT2D eigenvalue weighted by Crippen LogP contribution is -2.21. The third kappa shape index (κ3) is 4.34. The second kappa shape index (κ2) is 7.99. The smallest absolute Gasteiger partial charge is 0.262 e. The molecule has 1 amide bonds. The zero-order chi connectivity index (χ0) is 15.9. The maximum Gasteiger partial charge on any atom is 0.262 e. The van der Waals surface area contributed by atoms with Crippen molar-refractivity contribution in [2.45, 2.75) is 26.7 Å². The van der Waals surface area contributed by atoms with Crippen LogP contribution < -0.4 is 10.1 Å². The van der Waals surface area contributed by atoms with Crippen molar-refractivity contribution in [3.63, 3.8) is 0 Å². The Labute approximate surface area is 139 Å². The maximum atomic E-state index is 12.2. The summed E-state index contributed by atoms with van der Waals surface area (Å²) in [5, 5.41) is 2.99. The normalized spacial score (nSPS) is 10.3. The summed E-state index contributed by atoms with van der Waals surface area (Å²) in [6.07, 6.45) is 1.77. The first kappa shape index (κ1) is 16.6. The van der Waals surface area contributed by atoms with Gasteiger partial charge >= 0.3 is 0 Å². The average Bonchev–Trinajstić information content (AvgIpc) is 2.53. The molecule has 0 radical (unpaired) electrons. The van der Waals surface area contributed by atoms with Gasteiger partial charge in [-0.3, -0.25) is 4.79 Å². The summed E-state index contributed by atoms with van der Waals surface area (Å²) in [6.45, 7) is 4.17. The fraction of sp³-hybridized carbons (Fsp3) is 0.278. The highest BCUT2D eigenvalue weighted by Gasteiger charge is 2.10. The molecule has 0 saturated carbocycles. The minimum atomic E-state index is -0.143. The largest absolute Gasteiger partial charge is 0.484 e. The van der Waals surface area contributed by atoms with Gasteiger partial charge in [-0.15, -0.1) is 0 Å². The van der Waals surface area contributed by atoms with Crippen LogP contribution in [0.4, 0.5) is 5.69 Å². The molecule has 0 aliphatic heterocycles. The van der Waals surface area contributed by atoms with Gasteiger partial charge in [0, 0.05) is 10.2 Å². The molecule has 3 nitrogen and oxygen atoms in total. The zero-order valence-electron chi connectivity index (χ0n) is 12.9. The summed E-state index contributed by atoms with van der Waals surface area (Å²) in [7, 11) is 0. The van der Waals surface area contributed by atoms with Crippen LogP contribution in [0.15, 0.2) is 46.9 Å². The maximum absolute atomic E-state index is 12.2. The lowest BCUT2D eigenvalue weighted by Gasteiger charge is -2.14. The molecule has 0 atom stereocenters. The molecular formula is C18H20BrNO2. The number of anilines is 1. The van der Waals surface area contributed by atoms with Gasteiger partial charge in [0.1, 0.15) is 5.75 Å². The van der Waals surface area contributed by atoms with E-state index in [1.54, 1.807) is 0 Å². The van der Waals surface area contributed by atoms with E-state index in [4.69, 9.17) is 4.74 Å². The number of rotatable bonds is 6. The molecule has 2 rings (SSSR count). The van der Waals surface area contributed by atoms with Crippen molar-refractivity contribution in [2.75, 3.05) is 11.9 Å². The Hall–Kier alpha value is -1.81. The number of aryl methyl sites for hydroxylation is 2. The van der Waals surface area contributed by atoms with Crippen LogP contribution in [0.5, 0.6) is 5.75 Å². The van der Waals surface area contributed by atoms with Crippen molar-refractivity contribution in [2.24, 2.45) is 0 Å². The summed E-state index contributed by atoms with van der Waals surface area (Å²) < 4.78 is 6.45. The molecule has 0 saturated heterocycles. The number of ether oxygens (including phenoxy) is 1. The SMILES string of the molecule is CCc1cccc(CC)c1NC(=O)COc1cccc(Br)c1. The van der Waals surface area contributed by atoms with Crippen LogP contribution in [-0.2, 0) is 17.6 Å². The second-order valence-corrected chi connectivity index (χ2v) is 5.87. The Morgan fingerprint density at radius 1 is 1.09 bits per heavy atom. The highest BCUT2D eigenvalue weighted by atomic mass is 79.9. The standard InChI is InChI=1S/C18H20BrNO2/c1-3-13-7-5-8-14(4-2)18(13)20-17(21)12-22-16-10-6-9-15(19)11-16/h5-11H,3-4,12H2,1-2H3,(H,20,21). The molecule has 0 unspecified atom stereocenters. The summed E-state index contributed by atoms with van der Waals surface area (Å²) in [4.78, 5) is 12.2. The first-order valence-corrected chi connectivity index (χ1v) is 8.22. The molecule has 0 aliphatic carbocycles. The number of hydrogen-bond acceptors (Lipinski definition) is 2. The van der Waals surface area contributed by atoms with Gasteiger partial charge in [0.05, 0.1) is 0 Å². The van der Waals surface area contributed by atoms with Crippen LogP contribution in [0.1, 0.15) is 25.0 Å². The molecule has 0 heterocycles. The number of nitrogens with one attached hydrogen (secondary N) is 1. The molecule has 116 valence electrons. The van der Waals surface area contributed by atoms with E-state index in [9.17, 15) is 4.79 Å². The van der Waals surface area contributed by atoms with Crippen LogP contribution in [0.2, 0.25) is 0 Å². The molecule has 22 heavy (non-hydrogen) atoms. The van der Waals surface area contributed by atoms with Gasteiger partial charge in [-0.1, -0.05) is 54.0 Å². The summed E-state index contributed by atoms with van der Waals surface area (Å²) in [6, 6.07) is 13.6. The van der Waals surface area contributed by atoms with E-state index in [0.29, 0.717) is 5.75 Å². The van der Waals surface area contributed by atoms with Crippen molar-refractivity contribution < 1.29 is 9.53 Å². The quantitative estimate of drug-likeness (QED) is 0.816. The molecule has 0 aliphatic rings. The number of para-hydroxylation sites is 1. The molecule has 2 aromatic rings. The second-order valence-electron chi connectivity index (χ2n) is 4.95. The van der Waals surface area contributed by atoms with E-state index >= 15 is 0 Å². The molecular weight excluding hydrogens is 342 g/mol. The summed E-state index contributed by atoms with van der Waals surface area (Å²) in [5.41, 5.74) is 3.22. The summed E-state index contributed by atoms with van der Waals surface area (Å²) >= 11 is 3.38. The molecule has 0 aromatic heterocycles. The van der Waals surface area contributed by atoms with Gasteiger partial charge in [-0.25, -0.2) is 0 Å². The third-order valence-electron chi connectivity index (χ3n) is 3.43. The van der Waals surface area contributed by atoms with E-state index < -0.39 is 0 Å². The van der Waals surface area contributed by atoms with Crippen LogP contribution in [0, 0.1) is 0 Å². The number of halogens is 1. The van der Waals surface area contributed by atoms with Gasteiger partial charge in [-0.2, -0.15) is 0 Å². The van der Waals surface area contributed by atoms with Gasteiger partial charge in [0.2, 0.25) is 0 Å². The van der Waals surface area contributed by atoms with Crippen LogP contribution in [0.25, 0.3) is 0 Å². The van der Waals surface area contributed by atoms with E-state index in [0.717, 1.165) is 34.1 Å². The predicted molar refractivity (Wildman–Crippen MR) is 93.5 cm³/mol. The Kier molecular flexibility index (Phi) is 6.01. The van der Waals surface area contributed by atoms with Gasteiger partial charge in [-0.05, 0) is 42.2 Å². The van der Waals surface area contributed by atoms with Crippen molar-refractivity contribution in [1.29, 1.82) is 0 Å². The first-order chi connectivity index (χ1) is 10.6. The average molecular weight is 362 g/mol. The van der Waals surface area contributed by atoms with E-state index in [1.807, 2.05) is 42.5 Å². The van der Waals surface area contributed by atoms with Gasteiger partial charge < -0.3 is 10.1 Å². The lowest BCUT2D eigenvalue weighted by molar-refractivity contribution is -0.118. The Morgan fingerprint density at radius 2 is 1.73 bits per heavy atom. The predicted octanol–water partition coefficient (Wildman–Crippen LogP) is 4.59. The van der Waals surface area contributed by atoms with Crippen LogP contribution in [0.3, 0.4) is 0 Å². The molecule has 0 fully saturated rings. The molecule has 4 heteroatoms. The minimum Gasteiger partial charge on any atom is -0.484 e. The number of benzene rings is 2. The van der Waals surface area contributed by atoms with Crippen molar-refractivity contribution in [3.8, 4) is 5.75 Å². The van der Waals surface area contributed by atoms with Gasteiger partial charge in [0.15, 0.2) is 6.61 Å². The van der Waals surface area contributed by atoms with Crippen molar-refractivity contribution in [3.05, 3.63) is 58.1 Å². The fourth-order valence-corrected chi connectivity index (χ4v) is 2.66. The number of hydrogen-bond donors (Lipinski definition) is 1. The highest BCUT2D eigenvalue weighted by molar-refractivity contribution is 9.10. The Morgan fingerprint density at radius 3 is 2.32 bits per heavy atom. The number of carbonyl (C=O) groups is 1. The minimum absolute atomic E-state index is 0.00233. The van der Waals surface area contributed by atoms with Crippen LogP contribution in [-0.4, -0.2) is 12.5 Å². The first-order valence-electron chi connectivity index (χ1n) is 7.43. The van der Waals surface area contributed by atoms with Gasteiger partial charge in [0.25, 0.3) is 5.91 Å². The molecule has 0 bridgehead atoms. The van der Waals surface area contributed by atoms with Crippen molar-refractivity contribution in [1.82, 2.24) is 0 Å². The third-order valence-corrected chi connectivity index (χ3v) is 3.92. The van der Waals surface area contributed by atoms with E-state index in [1.165, 1.54) is 0 Å².